The molecule has 0 aliphatic carbocycles. The smallest absolute Gasteiger partial charge is 0.320 e. The largest absolute Gasteiger partial charge is 0.462 e. The standard InChI is InChI=1S/C13H27NO2/c1-5-7-8-12(6-2)9-14-10-13(15)16-11(3)4/h11-12,14H,5-10H2,1-4H3. The fraction of sp³-hybridized carbons (Fsp3) is 0.923. The van der Waals surface area contributed by atoms with Gasteiger partial charge >= 0.3 is 5.97 Å². The lowest BCUT2D eigenvalue weighted by Crippen LogP contribution is -2.30. The molecule has 0 rings (SSSR count). The van der Waals surface area contributed by atoms with E-state index < -0.39 is 0 Å². The van der Waals surface area contributed by atoms with E-state index in [0.29, 0.717) is 12.5 Å². The number of esters is 1. The lowest BCUT2D eigenvalue weighted by molar-refractivity contribution is -0.146. The number of hydrogen-bond acceptors (Lipinski definition) is 3. The van der Waals surface area contributed by atoms with Gasteiger partial charge in [0.1, 0.15) is 0 Å². The molecule has 0 heterocycles. The maximum absolute atomic E-state index is 11.3. The molecule has 3 heteroatoms. The molecule has 0 saturated heterocycles. The summed E-state index contributed by atoms with van der Waals surface area (Å²) in [4.78, 5) is 11.3. The number of unbranched alkanes of at least 4 members (excludes halogenated alkanes) is 1. The maximum atomic E-state index is 11.3. The van der Waals surface area contributed by atoms with Crippen LogP contribution >= 0.6 is 0 Å². The van der Waals surface area contributed by atoms with Gasteiger partial charge in [-0.2, -0.15) is 0 Å². The minimum atomic E-state index is -0.152. The normalized spacial score (nSPS) is 12.8. The van der Waals surface area contributed by atoms with Gasteiger partial charge in [-0.3, -0.25) is 4.79 Å². The molecule has 16 heavy (non-hydrogen) atoms. The Morgan fingerprint density at radius 3 is 2.50 bits per heavy atom. The lowest BCUT2D eigenvalue weighted by Gasteiger charge is -2.15. The van der Waals surface area contributed by atoms with Gasteiger partial charge in [0.2, 0.25) is 0 Å². The first-order valence-corrected chi connectivity index (χ1v) is 6.50. The number of hydrogen-bond donors (Lipinski definition) is 1. The Labute approximate surface area is 99.9 Å². The van der Waals surface area contributed by atoms with E-state index in [9.17, 15) is 4.79 Å². The van der Waals surface area contributed by atoms with Gasteiger partial charge in [0.15, 0.2) is 0 Å². The SMILES string of the molecule is CCCCC(CC)CNCC(=O)OC(C)C. The molecular weight excluding hydrogens is 202 g/mol. The van der Waals surface area contributed by atoms with Gasteiger partial charge < -0.3 is 10.1 Å². The van der Waals surface area contributed by atoms with E-state index in [1.165, 1.54) is 25.7 Å². The monoisotopic (exact) mass is 229 g/mol. The second-order valence-electron chi connectivity index (χ2n) is 4.59. The highest BCUT2D eigenvalue weighted by molar-refractivity contribution is 5.71. The topological polar surface area (TPSA) is 38.3 Å². The van der Waals surface area contributed by atoms with Crippen LogP contribution in [0.25, 0.3) is 0 Å². The molecule has 0 amide bonds. The van der Waals surface area contributed by atoms with Crippen LogP contribution in [0, 0.1) is 5.92 Å². The van der Waals surface area contributed by atoms with Crippen molar-refractivity contribution in [3.05, 3.63) is 0 Å². The first-order valence-electron chi connectivity index (χ1n) is 6.50. The Hall–Kier alpha value is -0.570. The molecule has 0 aliphatic heterocycles. The van der Waals surface area contributed by atoms with E-state index in [-0.39, 0.29) is 12.1 Å². The second-order valence-corrected chi connectivity index (χ2v) is 4.59. The lowest BCUT2D eigenvalue weighted by atomic mass is 9.99. The third-order valence-corrected chi connectivity index (χ3v) is 2.61. The molecule has 0 spiro atoms. The van der Waals surface area contributed by atoms with Crippen LogP contribution in [0.4, 0.5) is 0 Å². The average Bonchev–Trinajstić information content (AvgIpc) is 2.22. The van der Waals surface area contributed by atoms with E-state index in [1.54, 1.807) is 0 Å². The van der Waals surface area contributed by atoms with Crippen LogP contribution in [0.5, 0.6) is 0 Å². The van der Waals surface area contributed by atoms with Gasteiger partial charge in [-0.1, -0.05) is 33.1 Å². The van der Waals surface area contributed by atoms with Gasteiger partial charge in [-0.15, -0.1) is 0 Å². The molecule has 0 saturated carbocycles. The minimum Gasteiger partial charge on any atom is -0.462 e. The zero-order chi connectivity index (χ0) is 12.4. The van der Waals surface area contributed by atoms with Crippen molar-refractivity contribution in [2.24, 2.45) is 5.92 Å². The third kappa shape index (κ3) is 8.72. The van der Waals surface area contributed by atoms with Crippen molar-refractivity contribution in [2.45, 2.75) is 59.5 Å². The van der Waals surface area contributed by atoms with E-state index in [1.807, 2.05) is 13.8 Å². The molecule has 0 bridgehead atoms. The highest BCUT2D eigenvalue weighted by Crippen LogP contribution is 2.10. The molecule has 0 aromatic rings. The summed E-state index contributed by atoms with van der Waals surface area (Å²) in [6, 6.07) is 0. The Kier molecular flexibility index (Phi) is 9.30. The van der Waals surface area contributed by atoms with E-state index in [0.717, 1.165) is 6.54 Å². The highest BCUT2D eigenvalue weighted by atomic mass is 16.5. The number of nitrogens with one attached hydrogen (secondary N) is 1. The predicted molar refractivity (Wildman–Crippen MR) is 67.4 cm³/mol. The van der Waals surface area contributed by atoms with E-state index in [2.05, 4.69) is 19.2 Å². The van der Waals surface area contributed by atoms with Crippen molar-refractivity contribution >= 4 is 5.97 Å². The number of carbonyl (C=O) groups excluding carboxylic acids is 1. The summed E-state index contributed by atoms with van der Waals surface area (Å²) in [7, 11) is 0. The zero-order valence-electron chi connectivity index (χ0n) is 11.2. The molecule has 0 fully saturated rings. The van der Waals surface area contributed by atoms with Gasteiger partial charge in [-0.25, -0.2) is 0 Å². The summed E-state index contributed by atoms with van der Waals surface area (Å²) >= 11 is 0. The maximum Gasteiger partial charge on any atom is 0.320 e. The summed E-state index contributed by atoms with van der Waals surface area (Å²) in [6.07, 6.45) is 4.92. The predicted octanol–water partition coefficient (Wildman–Crippen LogP) is 2.74. The molecule has 1 atom stereocenters. The van der Waals surface area contributed by atoms with Crippen molar-refractivity contribution < 1.29 is 9.53 Å². The average molecular weight is 229 g/mol. The molecule has 0 aromatic heterocycles. The van der Waals surface area contributed by atoms with Crippen molar-refractivity contribution in [1.29, 1.82) is 0 Å². The van der Waals surface area contributed by atoms with Crippen molar-refractivity contribution in [2.75, 3.05) is 13.1 Å². The Bertz CT molecular complexity index is 181. The minimum absolute atomic E-state index is 0.0173. The van der Waals surface area contributed by atoms with Gasteiger partial charge in [-0.05, 0) is 32.7 Å². The van der Waals surface area contributed by atoms with Crippen LogP contribution in [0.2, 0.25) is 0 Å². The van der Waals surface area contributed by atoms with Crippen molar-refractivity contribution in [1.82, 2.24) is 5.32 Å². The Morgan fingerprint density at radius 1 is 1.31 bits per heavy atom. The molecule has 96 valence electrons. The van der Waals surface area contributed by atoms with Crippen molar-refractivity contribution in [3.63, 3.8) is 0 Å². The molecule has 0 aromatic carbocycles. The fourth-order valence-electron chi connectivity index (χ4n) is 1.63. The Balaban J connectivity index is 3.57. The summed E-state index contributed by atoms with van der Waals surface area (Å²) in [5.74, 6) is 0.534. The van der Waals surface area contributed by atoms with Crippen LogP contribution in [0.15, 0.2) is 0 Å². The van der Waals surface area contributed by atoms with Gasteiger partial charge in [0.25, 0.3) is 0 Å². The van der Waals surface area contributed by atoms with Crippen LogP contribution in [0.3, 0.4) is 0 Å². The summed E-state index contributed by atoms with van der Waals surface area (Å²) < 4.78 is 5.05. The highest BCUT2D eigenvalue weighted by Gasteiger charge is 2.08. The summed E-state index contributed by atoms with van der Waals surface area (Å²) in [5.41, 5.74) is 0. The fourth-order valence-corrected chi connectivity index (χ4v) is 1.63. The third-order valence-electron chi connectivity index (χ3n) is 2.61. The summed E-state index contributed by atoms with van der Waals surface area (Å²) in [5, 5.41) is 3.18. The van der Waals surface area contributed by atoms with E-state index in [4.69, 9.17) is 4.74 Å². The van der Waals surface area contributed by atoms with Gasteiger partial charge in [0, 0.05) is 0 Å². The Morgan fingerprint density at radius 2 is 2.00 bits per heavy atom. The number of ether oxygens (including phenoxy) is 1. The van der Waals surface area contributed by atoms with Crippen LogP contribution in [-0.4, -0.2) is 25.2 Å². The van der Waals surface area contributed by atoms with Crippen LogP contribution < -0.4 is 5.32 Å². The molecule has 0 aliphatic rings. The molecule has 3 nitrogen and oxygen atoms in total. The molecule has 1 N–H and O–H groups in total. The van der Waals surface area contributed by atoms with Gasteiger partial charge in [0.05, 0.1) is 12.6 Å². The van der Waals surface area contributed by atoms with Crippen LogP contribution in [0.1, 0.15) is 53.4 Å². The van der Waals surface area contributed by atoms with Crippen molar-refractivity contribution in [3.8, 4) is 0 Å². The second kappa shape index (κ2) is 9.64. The van der Waals surface area contributed by atoms with E-state index >= 15 is 0 Å². The first kappa shape index (κ1) is 15.4. The summed E-state index contributed by atoms with van der Waals surface area (Å²) in [6.45, 7) is 9.40. The first-order chi connectivity index (χ1) is 7.60. The quantitative estimate of drug-likeness (QED) is 0.618. The number of rotatable bonds is 9. The molecule has 0 radical (unpaired) electrons. The van der Waals surface area contributed by atoms with Crippen LogP contribution in [-0.2, 0) is 9.53 Å². The molecular formula is C13H27NO2. The zero-order valence-corrected chi connectivity index (χ0v) is 11.2. The number of carbonyl (C=O) groups is 1. The molecule has 1 unspecified atom stereocenters.